The second kappa shape index (κ2) is 49.8. The second-order valence-corrected chi connectivity index (χ2v) is 22.3. The van der Waals surface area contributed by atoms with Gasteiger partial charge in [0.05, 0.1) is 31.7 Å². The van der Waals surface area contributed by atoms with Crippen molar-refractivity contribution in [1.82, 2.24) is 26.6 Å². The van der Waals surface area contributed by atoms with Gasteiger partial charge in [-0.2, -0.15) is 0 Å². The summed E-state index contributed by atoms with van der Waals surface area (Å²) >= 11 is 0. The van der Waals surface area contributed by atoms with Crippen LogP contribution >= 0.6 is 43.2 Å². The van der Waals surface area contributed by atoms with E-state index in [9.17, 15) is 33.6 Å². The molecule has 0 fully saturated rings. The van der Waals surface area contributed by atoms with E-state index in [-0.39, 0.29) is 62.6 Å². The maximum absolute atomic E-state index is 13.2. The van der Waals surface area contributed by atoms with E-state index in [2.05, 4.69) is 45.7 Å². The van der Waals surface area contributed by atoms with Crippen LogP contribution in [0.4, 0.5) is 0 Å². The molecule has 70 heavy (non-hydrogen) atoms. The minimum atomic E-state index is -1.02. The van der Waals surface area contributed by atoms with E-state index in [1.165, 1.54) is 73.0 Å². The molecule has 406 valence electrons. The van der Waals surface area contributed by atoms with Gasteiger partial charge < -0.3 is 59.0 Å². The number of amides is 5. The lowest BCUT2D eigenvalue weighted by Crippen LogP contribution is -2.47. The number of allylic oxidation sites excluding steroid dienone is 2. The number of nitrogens with one attached hydrogen (secondary N) is 5. The Morgan fingerprint density at radius 3 is 1.41 bits per heavy atom. The molecule has 18 nitrogen and oxygen atoms in total. The van der Waals surface area contributed by atoms with Gasteiger partial charge in [-0.3, -0.25) is 33.6 Å². The van der Waals surface area contributed by atoms with Crippen LogP contribution in [0.15, 0.2) is 12.2 Å². The Balaban J connectivity index is 4.53. The van der Waals surface area contributed by atoms with Gasteiger partial charge >= 0.3 is 11.9 Å². The molecule has 0 aromatic rings. The predicted molar refractivity (Wildman–Crippen MR) is 291 cm³/mol. The zero-order valence-electron chi connectivity index (χ0n) is 42.3. The zero-order valence-corrected chi connectivity index (χ0v) is 45.5. The minimum absolute atomic E-state index is 0.0249. The average molecular weight is 1070 g/mol. The molecule has 0 aliphatic carbocycles. The van der Waals surface area contributed by atoms with E-state index in [0.29, 0.717) is 101 Å². The number of nitrogens with two attached hydrogens (primary N) is 4. The molecule has 0 aliphatic rings. The van der Waals surface area contributed by atoms with Crippen molar-refractivity contribution < 1.29 is 43.0 Å². The van der Waals surface area contributed by atoms with E-state index >= 15 is 0 Å². The lowest BCUT2D eigenvalue weighted by Gasteiger charge is -2.18. The van der Waals surface area contributed by atoms with E-state index in [1.807, 2.05) is 0 Å². The van der Waals surface area contributed by atoms with Gasteiger partial charge in [-0.1, -0.05) is 114 Å². The van der Waals surface area contributed by atoms with Crippen molar-refractivity contribution >= 4 is 84.7 Å². The third kappa shape index (κ3) is 44.0. The number of carbonyl (C=O) groups excluding carboxylic acids is 7. The minimum Gasteiger partial charge on any atom is -0.466 e. The Hall–Kier alpha value is -2.73. The third-order valence-electron chi connectivity index (χ3n) is 10.6. The van der Waals surface area contributed by atoms with Crippen LogP contribution in [0, 0.1) is 0 Å². The smallest absolute Gasteiger partial charge is 0.306 e. The molecule has 0 saturated carbocycles. The molecule has 3 atom stereocenters. The largest absolute Gasteiger partial charge is 0.466 e. The van der Waals surface area contributed by atoms with Crippen molar-refractivity contribution in [3.05, 3.63) is 12.2 Å². The van der Waals surface area contributed by atoms with Crippen molar-refractivity contribution in [2.24, 2.45) is 22.9 Å². The fourth-order valence-corrected chi connectivity index (χ4v) is 10.1. The van der Waals surface area contributed by atoms with Crippen LogP contribution < -0.4 is 49.5 Å². The normalized spacial score (nSPS) is 12.5. The number of esters is 2. The monoisotopic (exact) mass is 1070 g/mol. The van der Waals surface area contributed by atoms with Crippen LogP contribution in [0.2, 0.25) is 0 Å². The van der Waals surface area contributed by atoms with Crippen LogP contribution in [-0.2, 0) is 43.0 Å². The van der Waals surface area contributed by atoms with Crippen molar-refractivity contribution in [3.63, 3.8) is 0 Å². The van der Waals surface area contributed by atoms with Gasteiger partial charge in [0.15, 0.2) is 0 Å². The summed E-state index contributed by atoms with van der Waals surface area (Å²) in [7, 11) is 6.14. The Morgan fingerprint density at radius 2 is 0.914 bits per heavy atom. The molecule has 22 heteroatoms. The van der Waals surface area contributed by atoms with Gasteiger partial charge in [0.1, 0.15) is 6.04 Å². The number of ether oxygens (including phenoxy) is 2. The van der Waals surface area contributed by atoms with Crippen LogP contribution in [0.5, 0.6) is 0 Å². The van der Waals surface area contributed by atoms with Gasteiger partial charge in [0.25, 0.3) is 0 Å². The van der Waals surface area contributed by atoms with E-state index in [0.717, 1.165) is 32.1 Å². The molecule has 0 aliphatic heterocycles. The van der Waals surface area contributed by atoms with Gasteiger partial charge in [0.2, 0.25) is 29.5 Å². The lowest BCUT2D eigenvalue weighted by atomic mass is 10.1. The lowest BCUT2D eigenvalue weighted by molar-refractivity contribution is -0.147. The highest BCUT2D eigenvalue weighted by molar-refractivity contribution is 8.77. The number of hydrogen-bond donors (Lipinski definition) is 9. The third-order valence-corrected chi connectivity index (χ3v) is 15.4. The second-order valence-electron chi connectivity index (χ2n) is 16.9. The van der Waals surface area contributed by atoms with Gasteiger partial charge in [-0.25, -0.2) is 0 Å². The van der Waals surface area contributed by atoms with E-state index < -0.39 is 35.9 Å². The highest BCUT2D eigenvalue weighted by Gasteiger charge is 2.22. The van der Waals surface area contributed by atoms with Crippen molar-refractivity contribution in [2.75, 3.05) is 75.5 Å². The zero-order chi connectivity index (χ0) is 51.7. The summed E-state index contributed by atoms with van der Waals surface area (Å²) in [4.78, 5) is 87.4. The Labute approximate surface area is 435 Å². The fourth-order valence-electron chi connectivity index (χ4n) is 6.47. The molecule has 0 rings (SSSR count). The Bertz CT molecular complexity index is 1430. The molecule has 0 radical (unpaired) electrons. The molecular formula is C48H91N9O9S4. The fraction of sp³-hybridized carbons (Fsp3) is 0.812. The molecule has 0 bridgehead atoms. The summed E-state index contributed by atoms with van der Waals surface area (Å²) in [6.07, 6.45) is 22.7. The number of hydrogen-bond acceptors (Lipinski definition) is 17. The van der Waals surface area contributed by atoms with Crippen LogP contribution in [-0.4, -0.2) is 135 Å². The Kier molecular flexibility index (Phi) is 47.9. The van der Waals surface area contributed by atoms with Crippen molar-refractivity contribution in [3.8, 4) is 0 Å². The first kappa shape index (κ1) is 67.3. The molecule has 0 spiro atoms. The van der Waals surface area contributed by atoms with E-state index in [4.69, 9.17) is 32.4 Å². The highest BCUT2D eigenvalue weighted by Crippen LogP contribution is 2.20. The summed E-state index contributed by atoms with van der Waals surface area (Å²) in [5.41, 5.74) is 22.7. The maximum Gasteiger partial charge on any atom is 0.306 e. The topological polar surface area (TPSA) is 302 Å². The molecule has 0 aromatic heterocycles. The van der Waals surface area contributed by atoms with Crippen LogP contribution in [0.1, 0.15) is 155 Å². The molecule has 5 amide bonds. The van der Waals surface area contributed by atoms with Crippen molar-refractivity contribution in [1.29, 1.82) is 0 Å². The maximum atomic E-state index is 13.2. The summed E-state index contributed by atoms with van der Waals surface area (Å²) in [6.45, 7) is 4.97. The summed E-state index contributed by atoms with van der Waals surface area (Å²) < 4.78 is 10.5. The van der Waals surface area contributed by atoms with Crippen LogP contribution in [0.3, 0.4) is 0 Å². The van der Waals surface area contributed by atoms with Gasteiger partial charge in [-0.15, -0.1) is 0 Å². The predicted octanol–water partition coefficient (Wildman–Crippen LogP) is 4.91. The van der Waals surface area contributed by atoms with Gasteiger partial charge in [0, 0.05) is 74.9 Å². The number of carbonyl (C=O) groups is 7. The molecule has 0 aromatic carbocycles. The molecule has 0 heterocycles. The molecule has 0 saturated heterocycles. The first-order valence-electron chi connectivity index (χ1n) is 25.7. The molecular weight excluding hydrogens is 975 g/mol. The van der Waals surface area contributed by atoms with Crippen molar-refractivity contribution in [2.45, 2.75) is 173 Å². The Morgan fingerprint density at radius 1 is 0.471 bits per heavy atom. The summed E-state index contributed by atoms with van der Waals surface area (Å²) in [6, 6.07) is -2.18. The number of rotatable bonds is 49. The highest BCUT2D eigenvalue weighted by atomic mass is 33.1. The quantitative estimate of drug-likeness (QED) is 0.0169. The SMILES string of the molecule is CCCCCCCC/C=C\CCCCCCCC(=O)OCCCOC(=O)CCC(=O)NC(CCC(=O)NCCSSCCNC(=O)C(N)CCCN)C(=O)NCCSSCCNC(=O)C(N)CCCN. The standard InChI is InChI=1S/C48H91N9O9S4/c1-2-3-4-5-6-7-8-9-10-11-12-13-14-15-16-22-44(60)65-33-19-34-66-45(61)26-25-43(59)57-41(48(64)56-32-38-70-69-37-31-55-47(63)40(52)21-18-28-50)23-24-42(58)53-29-35-67-68-36-30-54-46(62)39(51)20-17-27-49/h9-10,39-41H,2-8,11-38,49-52H2,1H3,(H,53,58)(H,54,62)(H,55,63)(H,56,64)(H,57,59)/b10-9-. The number of unbranched alkanes of at least 4 members (excludes halogenated alkanes) is 11. The van der Waals surface area contributed by atoms with E-state index in [1.54, 1.807) is 21.6 Å². The van der Waals surface area contributed by atoms with Crippen LogP contribution in [0.25, 0.3) is 0 Å². The van der Waals surface area contributed by atoms with Gasteiger partial charge in [-0.05, 0) is 77.3 Å². The summed E-state index contributed by atoms with van der Waals surface area (Å²) in [5, 5.41) is 13.9. The first-order chi connectivity index (χ1) is 33.9. The molecule has 3 unspecified atom stereocenters. The summed E-state index contributed by atoms with van der Waals surface area (Å²) in [5.74, 6) is -0.0990. The first-order valence-corrected chi connectivity index (χ1v) is 30.7. The average Bonchev–Trinajstić information content (AvgIpc) is 3.35. The molecule has 13 N–H and O–H groups in total.